The van der Waals surface area contributed by atoms with Crippen LogP contribution in [0.1, 0.15) is 16.7 Å². The Morgan fingerprint density at radius 1 is 0.769 bits per heavy atom. The molecule has 0 aliphatic carbocycles. The van der Waals surface area contributed by atoms with Crippen molar-refractivity contribution in [3.8, 4) is 0 Å². The molecule has 0 unspecified atom stereocenters. The molecule has 3 heteroatoms. The van der Waals surface area contributed by atoms with E-state index in [9.17, 15) is 5.11 Å². The number of aliphatic hydroxyl groups is 1. The standard InChI is InChI=1S/C23H23NO2/c25-16-22-21(17-26-22)24-23(18-10-4-1-5-11-18,19-12-6-2-7-13-19)20-14-8-3-9-15-20/h1-15,21-22,24-25H,16-17H2/t21-,22+/m0/s1. The maximum atomic E-state index is 9.60. The van der Waals surface area contributed by atoms with Crippen LogP contribution in [0.15, 0.2) is 91.0 Å². The van der Waals surface area contributed by atoms with Gasteiger partial charge >= 0.3 is 0 Å². The van der Waals surface area contributed by atoms with Gasteiger partial charge < -0.3 is 9.84 Å². The number of benzene rings is 3. The monoisotopic (exact) mass is 345 g/mol. The third-order valence-corrected chi connectivity index (χ3v) is 5.14. The summed E-state index contributed by atoms with van der Waals surface area (Å²) in [6.45, 7) is 0.617. The van der Waals surface area contributed by atoms with Crippen LogP contribution in [0, 0.1) is 0 Å². The highest BCUT2D eigenvalue weighted by Gasteiger charge is 2.43. The van der Waals surface area contributed by atoms with Crippen molar-refractivity contribution in [2.24, 2.45) is 0 Å². The molecule has 1 fully saturated rings. The van der Waals surface area contributed by atoms with Gasteiger partial charge in [-0.15, -0.1) is 0 Å². The van der Waals surface area contributed by atoms with Gasteiger partial charge in [0.2, 0.25) is 0 Å². The van der Waals surface area contributed by atoms with Crippen LogP contribution in [-0.4, -0.2) is 30.5 Å². The van der Waals surface area contributed by atoms with Gasteiger partial charge in [0, 0.05) is 0 Å². The van der Waals surface area contributed by atoms with E-state index in [0.717, 1.165) is 0 Å². The number of hydrogen-bond donors (Lipinski definition) is 2. The molecular formula is C23H23NO2. The molecule has 1 heterocycles. The minimum Gasteiger partial charge on any atom is -0.394 e. The van der Waals surface area contributed by atoms with Gasteiger partial charge in [0.15, 0.2) is 0 Å². The van der Waals surface area contributed by atoms with Gasteiger partial charge in [0.1, 0.15) is 0 Å². The number of rotatable bonds is 6. The summed E-state index contributed by atoms with van der Waals surface area (Å²) in [6.07, 6.45) is -0.175. The van der Waals surface area contributed by atoms with E-state index in [-0.39, 0.29) is 18.8 Å². The van der Waals surface area contributed by atoms with E-state index in [1.807, 2.05) is 18.2 Å². The zero-order valence-corrected chi connectivity index (χ0v) is 14.6. The summed E-state index contributed by atoms with van der Waals surface area (Å²) in [4.78, 5) is 0. The van der Waals surface area contributed by atoms with Crippen LogP contribution in [0.2, 0.25) is 0 Å². The molecule has 1 saturated heterocycles. The van der Waals surface area contributed by atoms with E-state index < -0.39 is 5.54 Å². The van der Waals surface area contributed by atoms with Crippen LogP contribution in [-0.2, 0) is 10.3 Å². The van der Waals surface area contributed by atoms with Crippen LogP contribution in [0.25, 0.3) is 0 Å². The molecule has 132 valence electrons. The van der Waals surface area contributed by atoms with Crippen LogP contribution in [0.4, 0.5) is 0 Å². The van der Waals surface area contributed by atoms with Gasteiger partial charge in [-0.2, -0.15) is 0 Å². The predicted molar refractivity (Wildman–Crippen MR) is 103 cm³/mol. The fourth-order valence-corrected chi connectivity index (χ4v) is 3.74. The van der Waals surface area contributed by atoms with Crippen molar-refractivity contribution in [2.45, 2.75) is 17.7 Å². The van der Waals surface area contributed by atoms with Crippen LogP contribution < -0.4 is 5.32 Å². The van der Waals surface area contributed by atoms with Crippen molar-refractivity contribution in [2.75, 3.05) is 13.2 Å². The third-order valence-electron chi connectivity index (χ3n) is 5.14. The van der Waals surface area contributed by atoms with Gasteiger partial charge in [-0.3, -0.25) is 5.32 Å². The molecule has 26 heavy (non-hydrogen) atoms. The summed E-state index contributed by atoms with van der Waals surface area (Å²) in [5.74, 6) is 0. The first-order chi connectivity index (χ1) is 12.8. The smallest absolute Gasteiger partial charge is 0.0981 e. The first-order valence-electron chi connectivity index (χ1n) is 9.01. The number of ether oxygens (including phenoxy) is 1. The Balaban J connectivity index is 1.91. The maximum absolute atomic E-state index is 9.60. The third kappa shape index (κ3) is 2.95. The summed E-state index contributed by atoms with van der Waals surface area (Å²) in [7, 11) is 0. The zero-order valence-electron chi connectivity index (χ0n) is 14.6. The first kappa shape index (κ1) is 17.0. The highest BCUT2D eigenvalue weighted by atomic mass is 16.5. The van der Waals surface area contributed by atoms with Gasteiger partial charge in [-0.1, -0.05) is 91.0 Å². The quantitative estimate of drug-likeness (QED) is 0.674. The Kier molecular flexibility index (Phi) is 4.85. The minimum absolute atomic E-state index is 0.0200. The molecule has 2 N–H and O–H groups in total. The lowest BCUT2D eigenvalue weighted by atomic mass is 9.76. The molecule has 1 aliphatic rings. The fraction of sp³-hybridized carbons (Fsp3) is 0.217. The summed E-state index contributed by atoms with van der Waals surface area (Å²) in [5.41, 5.74) is 2.99. The number of aliphatic hydroxyl groups excluding tert-OH is 1. The van der Waals surface area contributed by atoms with Crippen molar-refractivity contribution in [1.82, 2.24) is 5.32 Å². The molecule has 1 aliphatic heterocycles. The average molecular weight is 345 g/mol. The van der Waals surface area contributed by atoms with Crippen molar-refractivity contribution in [3.05, 3.63) is 108 Å². The topological polar surface area (TPSA) is 41.5 Å². The molecule has 0 spiro atoms. The summed E-state index contributed by atoms with van der Waals surface area (Å²) < 4.78 is 5.53. The second-order valence-electron chi connectivity index (χ2n) is 6.65. The van der Waals surface area contributed by atoms with Crippen molar-refractivity contribution < 1.29 is 9.84 Å². The Hall–Kier alpha value is -2.46. The SMILES string of the molecule is OC[C@H]1OC[C@@H]1NC(c1ccccc1)(c1ccccc1)c1ccccc1. The average Bonchev–Trinajstić information content (AvgIpc) is 2.70. The molecule has 0 aromatic heterocycles. The van der Waals surface area contributed by atoms with Crippen LogP contribution >= 0.6 is 0 Å². The molecule has 3 aromatic rings. The second-order valence-corrected chi connectivity index (χ2v) is 6.65. The molecule has 0 radical (unpaired) electrons. The summed E-state index contributed by atoms with van der Waals surface area (Å²) in [6, 6.07) is 31.5. The highest BCUT2D eigenvalue weighted by Crippen LogP contribution is 2.38. The van der Waals surface area contributed by atoms with Crippen molar-refractivity contribution >= 4 is 0 Å². The van der Waals surface area contributed by atoms with Crippen molar-refractivity contribution in [1.29, 1.82) is 0 Å². The van der Waals surface area contributed by atoms with E-state index >= 15 is 0 Å². The van der Waals surface area contributed by atoms with E-state index in [1.165, 1.54) is 16.7 Å². The molecule has 4 rings (SSSR count). The molecular weight excluding hydrogens is 322 g/mol. The van der Waals surface area contributed by atoms with Crippen LogP contribution in [0.5, 0.6) is 0 Å². The molecule has 3 nitrogen and oxygen atoms in total. The summed E-state index contributed by atoms with van der Waals surface area (Å²) >= 11 is 0. The lowest BCUT2D eigenvalue weighted by Crippen LogP contribution is -2.62. The Morgan fingerprint density at radius 2 is 1.19 bits per heavy atom. The molecule has 0 saturated carbocycles. The number of nitrogens with one attached hydrogen (secondary N) is 1. The molecule has 0 amide bonds. The predicted octanol–water partition coefficient (Wildman–Crippen LogP) is 3.33. The Morgan fingerprint density at radius 3 is 1.50 bits per heavy atom. The van der Waals surface area contributed by atoms with E-state index in [0.29, 0.717) is 6.61 Å². The van der Waals surface area contributed by atoms with E-state index in [1.54, 1.807) is 0 Å². The van der Waals surface area contributed by atoms with Gasteiger partial charge in [-0.05, 0) is 16.7 Å². The normalized spacial score (nSPS) is 19.7. The van der Waals surface area contributed by atoms with Gasteiger partial charge in [-0.25, -0.2) is 0 Å². The molecule has 2 atom stereocenters. The first-order valence-corrected chi connectivity index (χ1v) is 9.01. The largest absolute Gasteiger partial charge is 0.394 e. The Labute approximate surface area is 154 Å². The minimum atomic E-state index is -0.508. The van der Waals surface area contributed by atoms with E-state index in [2.05, 4.69) is 78.1 Å². The molecule has 3 aromatic carbocycles. The van der Waals surface area contributed by atoms with Gasteiger partial charge in [0.05, 0.1) is 30.9 Å². The highest BCUT2D eigenvalue weighted by molar-refractivity contribution is 5.49. The maximum Gasteiger partial charge on any atom is 0.0981 e. The second kappa shape index (κ2) is 7.42. The number of hydrogen-bond acceptors (Lipinski definition) is 3. The van der Waals surface area contributed by atoms with Gasteiger partial charge in [0.25, 0.3) is 0 Å². The molecule has 0 bridgehead atoms. The fourth-order valence-electron chi connectivity index (χ4n) is 3.74. The van der Waals surface area contributed by atoms with E-state index in [4.69, 9.17) is 4.74 Å². The van der Waals surface area contributed by atoms with Crippen LogP contribution in [0.3, 0.4) is 0 Å². The Bertz CT molecular complexity index is 722. The lowest BCUT2D eigenvalue weighted by Gasteiger charge is -2.45. The zero-order chi connectivity index (χ0) is 17.8. The van der Waals surface area contributed by atoms with Crippen molar-refractivity contribution in [3.63, 3.8) is 0 Å². The summed E-state index contributed by atoms with van der Waals surface area (Å²) in [5, 5.41) is 13.4. The lowest BCUT2D eigenvalue weighted by molar-refractivity contribution is -0.115.